The van der Waals surface area contributed by atoms with Crippen LogP contribution >= 0.6 is 12.6 Å². The molecule has 0 aliphatic rings. The highest BCUT2D eigenvalue weighted by Crippen LogP contribution is 2.14. The largest absolute Gasteiger partial charge is 0.282 e. The van der Waals surface area contributed by atoms with Crippen LogP contribution in [-0.2, 0) is 6.42 Å². The number of rotatable bonds is 2. The third-order valence-corrected chi connectivity index (χ3v) is 2.11. The highest BCUT2D eigenvalue weighted by molar-refractivity contribution is 7.97. The van der Waals surface area contributed by atoms with E-state index >= 15 is 0 Å². The second-order valence-electron chi connectivity index (χ2n) is 2.82. The minimum Gasteiger partial charge on any atom is -0.282 e. The van der Waals surface area contributed by atoms with Gasteiger partial charge in [-0.1, -0.05) is 24.6 Å². The van der Waals surface area contributed by atoms with Gasteiger partial charge in [-0.05, 0) is 25.0 Å². The number of hydrogen-bond donors (Lipinski definition) is 1. The summed E-state index contributed by atoms with van der Waals surface area (Å²) < 4.78 is 0. The normalized spacial score (nSPS) is 9.92. The lowest BCUT2D eigenvalue weighted by molar-refractivity contribution is 0.109. The van der Waals surface area contributed by atoms with E-state index in [0.29, 0.717) is 0 Å². The van der Waals surface area contributed by atoms with E-state index < -0.39 is 0 Å². The Kier molecular flexibility index (Phi) is 2.93. The number of hydrogen-bond acceptors (Lipinski definition) is 1. The van der Waals surface area contributed by atoms with Gasteiger partial charge in [-0.15, -0.1) is 12.6 Å². The summed E-state index contributed by atoms with van der Waals surface area (Å²) in [5.41, 5.74) is 2.99. The first kappa shape index (κ1) is 9.33. The van der Waals surface area contributed by atoms with E-state index in [0.717, 1.165) is 17.5 Å². The zero-order chi connectivity index (χ0) is 9.14. The van der Waals surface area contributed by atoms with Gasteiger partial charge in [-0.2, -0.15) is 0 Å². The molecule has 0 bridgehead atoms. The van der Waals surface area contributed by atoms with E-state index in [1.165, 1.54) is 5.56 Å². The highest BCUT2D eigenvalue weighted by atomic mass is 32.1. The van der Waals surface area contributed by atoms with Gasteiger partial charge < -0.3 is 0 Å². The van der Waals surface area contributed by atoms with Crippen molar-refractivity contribution < 1.29 is 4.79 Å². The van der Waals surface area contributed by atoms with Crippen LogP contribution in [-0.4, -0.2) is 5.12 Å². The number of thiol groups is 1. The molecule has 0 saturated heterocycles. The van der Waals surface area contributed by atoms with Crippen molar-refractivity contribution in [2.45, 2.75) is 20.3 Å². The van der Waals surface area contributed by atoms with Crippen molar-refractivity contribution in [2.24, 2.45) is 0 Å². The second kappa shape index (κ2) is 3.76. The molecule has 0 fully saturated rings. The molecule has 0 radical (unpaired) electrons. The monoisotopic (exact) mass is 180 g/mol. The fourth-order valence-corrected chi connectivity index (χ4v) is 1.44. The summed E-state index contributed by atoms with van der Waals surface area (Å²) in [6.07, 6.45) is 0.878. The van der Waals surface area contributed by atoms with Gasteiger partial charge in [-0.3, -0.25) is 4.79 Å². The van der Waals surface area contributed by atoms with Gasteiger partial charge in [-0.25, -0.2) is 0 Å². The molecule has 1 aromatic carbocycles. The summed E-state index contributed by atoms with van der Waals surface area (Å²) in [7, 11) is 0. The van der Waals surface area contributed by atoms with Gasteiger partial charge in [0.25, 0.3) is 0 Å². The van der Waals surface area contributed by atoms with Crippen LogP contribution in [0.3, 0.4) is 0 Å². The molecule has 0 aromatic heterocycles. The molecule has 1 aromatic rings. The van der Waals surface area contributed by atoms with Crippen LogP contribution in [0.2, 0.25) is 0 Å². The van der Waals surface area contributed by atoms with Gasteiger partial charge in [0, 0.05) is 5.56 Å². The molecule has 0 unspecified atom stereocenters. The first-order chi connectivity index (χ1) is 5.65. The molecule has 0 aliphatic heterocycles. The molecule has 64 valence electrons. The topological polar surface area (TPSA) is 17.1 Å². The lowest BCUT2D eigenvalue weighted by Gasteiger charge is -2.04. The fraction of sp³-hybridized carbons (Fsp3) is 0.300. The number of aryl methyl sites for hydroxylation is 2. The van der Waals surface area contributed by atoms with E-state index in [2.05, 4.69) is 12.6 Å². The molecule has 0 spiro atoms. The quantitative estimate of drug-likeness (QED) is 0.692. The molecule has 1 nitrogen and oxygen atoms in total. The summed E-state index contributed by atoms with van der Waals surface area (Å²) >= 11 is 3.81. The van der Waals surface area contributed by atoms with E-state index in [-0.39, 0.29) is 5.12 Å². The minimum absolute atomic E-state index is 0.146. The van der Waals surface area contributed by atoms with Crippen LogP contribution < -0.4 is 0 Å². The summed E-state index contributed by atoms with van der Waals surface area (Å²) in [6, 6.07) is 5.80. The van der Waals surface area contributed by atoms with E-state index in [9.17, 15) is 4.79 Å². The molecular weight excluding hydrogens is 168 g/mol. The zero-order valence-electron chi connectivity index (χ0n) is 7.29. The van der Waals surface area contributed by atoms with Gasteiger partial charge >= 0.3 is 0 Å². The molecule has 0 aliphatic carbocycles. The van der Waals surface area contributed by atoms with Gasteiger partial charge in [0.15, 0.2) is 0 Å². The molecule has 2 heteroatoms. The van der Waals surface area contributed by atoms with E-state index in [4.69, 9.17) is 0 Å². The van der Waals surface area contributed by atoms with Crippen molar-refractivity contribution in [2.75, 3.05) is 0 Å². The molecule has 12 heavy (non-hydrogen) atoms. The van der Waals surface area contributed by atoms with Crippen LogP contribution in [0.15, 0.2) is 18.2 Å². The Morgan fingerprint density at radius 1 is 1.50 bits per heavy atom. The maximum absolute atomic E-state index is 11.0. The Morgan fingerprint density at radius 2 is 2.17 bits per heavy atom. The first-order valence-electron chi connectivity index (χ1n) is 3.98. The number of benzene rings is 1. The van der Waals surface area contributed by atoms with Crippen molar-refractivity contribution in [3.63, 3.8) is 0 Å². The third kappa shape index (κ3) is 1.89. The van der Waals surface area contributed by atoms with Crippen LogP contribution in [0.25, 0.3) is 0 Å². The molecular formula is C10H12OS. The van der Waals surface area contributed by atoms with Crippen molar-refractivity contribution in [3.8, 4) is 0 Å². The van der Waals surface area contributed by atoms with Crippen molar-refractivity contribution in [3.05, 3.63) is 34.9 Å². The Labute approximate surface area is 78.2 Å². The third-order valence-electron chi connectivity index (χ3n) is 1.87. The minimum atomic E-state index is -0.146. The first-order valence-corrected chi connectivity index (χ1v) is 4.42. The summed E-state index contributed by atoms with van der Waals surface area (Å²) in [6.45, 7) is 4.06. The van der Waals surface area contributed by atoms with Crippen molar-refractivity contribution >= 4 is 17.7 Å². The molecule has 0 amide bonds. The molecule has 0 atom stereocenters. The van der Waals surface area contributed by atoms with Crippen LogP contribution in [0, 0.1) is 6.92 Å². The van der Waals surface area contributed by atoms with Gasteiger partial charge in [0.05, 0.1) is 0 Å². The summed E-state index contributed by atoms with van der Waals surface area (Å²) in [4.78, 5) is 11.0. The smallest absolute Gasteiger partial charge is 0.216 e. The lowest BCUT2D eigenvalue weighted by Crippen LogP contribution is -1.96. The Morgan fingerprint density at radius 3 is 2.67 bits per heavy atom. The van der Waals surface area contributed by atoms with Crippen LogP contribution in [0.4, 0.5) is 0 Å². The highest BCUT2D eigenvalue weighted by Gasteiger charge is 2.05. The standard InChI is InChI=1S/C10H12OS/c1-3-8-6-7(2)4-5-9(8)10(11)12/h4-6H,3H2,1-2H3,(H,11,12). The molecule has 1 rings (SSSR count). The van der Waals surface area contributed by atoms with Gasteiger partial charge in [0.1, 0.15) is 0 Å². The molecule has 0 saturated carbocycles. The molecule has 0 N–H and O–H groups in total. The Balaban J connectivity index is 3.20. The zero-order valence-corrected chi connectivity index (χ0v) is 8.19. The fourth-order valence-electron chi connectivity index (χ4n) is 1.22. The Bertz CT molecular complexity index is 305. The average molecular weight is 180 g/mol. The molecule has 0 heterocycles. The number of carbonyl (C=O) groups is 1. The lowest BCUT2D eigenvalue weighted by atomic mass is 10.0. The van der Waals surface area contributed by atoms with Crippen LogP contribution in [0.5, 0.6) is 0 Å². The summed E-state index contributed by atoms with van der Waals surface area (Å²) in [5, 5.41) is -0.146. The van der Waals surface area contributed by atoms with Crippen molar-refractivity contribution in [1.82, 2.24) is 0 Å². The maximum atomic E-state index is 11.0. The van der Waals surface area contributed by atoms with Crippen molar-refractivity contribution in [1.29, 1.82) is 0 Å². The van der Waals surface area contributed by atoms with Crippen LogP contribution in [0.1, 0.15) is 28.4 Å². The Hall–Kier alpha value is -0.760. The predicted octanol–water partition coefficient (Wildman–Crippen LogP) is 2.63. The number of carbonyl (C=O) groups excluding carboxylic acids is 1. The second-order valence-corrected chi connectivity index (χ2v) is 3.23. The van der Waals surface area contributed by atoms with E-state index in [1.807, 2.05) is 32.0 Å². The SMILES string of the molecule is CCc1cc(C)ccc1C(=O)S. The van der Waals surface area contributed by atoms with E-state index in [1.54, 1.807) is 0 Å². The predicted molar refractivity (Wildman–Crippen MR) is 53.9 cm³/mol. The maximum Gasteiger partial charge on any atom is 0.216 e. The average Bonchev–Trinajstić information content (AvgIpc) is 2.03. The summed E-state index contributed by atoms with van der Waals surface area (Å²) in [5.74, 6) is 0. The van der Waals surface area contributed by atoms with Gasteiger partial charge in [0.2, 0.25) is 5.12 Å².